The second kappa shape index (κ2) is 9.77. The summed E-state index contributed by atoms with van der Waals surface area (Å²) in [5.74, 6) is 0.335. The molecule has 0 spiro atoms. The van der Waals surface area contributed by atoms with Crippen LogP contribution in [0.5, 0.6) is 5.75 Å². The van der Waals surface area contributed by atoms with E-state index in [0.717, 1.165) is 30.5 Å². The Kier molecular flexibility index (Phi) is 6.84. The predicted molar refractivity (Wildman–Crippen MR) is 126 cm³/mol. The van der Waals surface area contributed by atoms with Crippen LogP contribution in [0.4, 0.5) is 5.69 Å². The minimum Gasteiger partial charge on any atom is -0.484 e. The fraction of sp³-hybridized carbons (Fsp3) is 0.400. The molecule has 1 amide bonds. The Balaban J connectivity index is 1.34. The van der Waals surface area contributed by atoms with Gasteiger partial charge in [0.05, 0.1) is 10.6 Å². The molecule has 7 heteroatoms. The number of nitrogens with zero attached hydrogens (tertiary/aromatic N) is 1. The first-order valence-electron chi connectivity index (χ1n) is 11.2. The molecule has 6 nitrogen and oxygen atoms in total. The van der Waals surface area contributed by atoms with Gasteiger partial charge < -0.3 is 10.1 Å². The zero-order valence-corrected chi connectivity index (χ0v) is 19.3. The van der Waals surface area contributed by atoms with Crippen LogP contribution in [0.1, 0.15) is 43.2 Å². The summed E-state index contributed by atoms with van der Waals surface area (Å²) in [6.45, 7) is 2.75. The minimum absolute atomic E-state index is 0.0918. The topological polar surface area (TPSA) is 75.7 Å². The van der Waals surface area contributed by atoms with Crippen LogP contribution < -0.4 is 14.4 Å². The Bertz CT molecular complexity index is 1120. The van der Waals surface area contributed by atoms with Gasteiger partial charge >= 0.3 is 0 Å². The number of fused-ring (bicyclic) bond motifs is 1. The number of para-hydroxylation sites is 1. The third kappa shape index (κ3) is 4.99. The fourth-order valence-electron chi connectivity index (χ4n) is 4.32. The zero-order valence-electron chi connectivity index (χ0n) is 18.5. The first-order valence-corrected chi connectivity index (χ1v) is 12.7. The van der Waals surface area contributed by atoms with Gasteiger partial charge in [-0.1, -0.05) is 29.8 Å². The Hall–Kier alpha value is -2.80. The van der Waals surface area contributed by atoms with E-state index in [0.29, 0.717) is 30.8 Å². The quantitative estimate of drug-likeness (QED) is 0.609. The summed E-state index contributed by atoms with van der Waals surface area (Å²) >= 11 is 0. The summed E-state index contributed by atoms with van der Waals surface area (Å²) in [5.41, 5.74) is 3.88. The Morgan fingerprint density at radius 1 is 1.12 bits per heavy atom. The molecule has 0 fully saturated rings. The molecule has 0 unspecified atom stereocenters. The second-order valence-corrected chi connectivity index (χ2v) is 10.2. The highest BCUT2D eigenvalue weighted by atomic mass is 32.2. The van der Waals surface area contributed by atoms with Crippen LogP contribution in [0.2, 0.25) is 0 Å². The Morgan fingerprint density at radius 3 is 2.75 bits per heavy atom. The lowest BCUT2D eigenvalue weighted by molar-refractivity contribution is -0.123. The van der Waals surface area contributed by atoms with Gasteiger partial charge in [-0.25, -0.2) is 8.42 Å². The lowest BCUT2D eigenvalue weighted by Crippen LogP contribution is -2.30. The molecule has 0 bridgehead atoms. The van der Waals surface area contributed by atoms with Gasteiger partial charge in [-0.3, -0.25) is 9.10 Å². The monoisotopic (exact) mass is 454 g/mol. The molecule has 1 heterocycles. The van der Waals surface area contributed by atoms with Gasteiger partial charge in [0, 0.05) is 13.1 Å². The molecule has 0 atom stereocenters. The van der Waals surface area contributed by atoms with Crippen molar-refractivity contribution in [2.45, 2.75) is 50.3 Å². The van der Waals surface area contributed by atoms with Crippen molar-refractivity contribution in [3.8, 4) is 5.75 Å². The lowest BCUT2D eigenvalue weighted by atomic mass is 9.97. The third-order valence-electron chi connectivity index (χ3n) is 6.09. The third-order valence-corrected chi connectivity index (χ3v) is 7.90. The highest BCUT2D eigenvalue weighted by Crippen LogP contribution is 2.33. The Labute approximate surface area is 190 Å². The van der Waals surface area contributed by atoms with Crippen LogP contribution in [0.3, 0.4) is 0 Å². The molecule has 4 rings (SSSR count). The van der Waals surface area contributed by atoms with Crippen molar-refractivity contribution in [2.24, 2.45) is 0 Å². The van der Waals surface area contributed by atoms with Crippen LogP contribution >= 0.6 is 0 Å². The van der Waals surface area contributed by atoms with Crippen molar-refractivity contribution >= 4 is 21.6 Å². The number of allylic oxidation sites excluding steroid dienone is 1. The average Bonchev–Trinajstić information content (AvgIpc) is 3.24. The maximum absolute atomic E-state index is 13.2. The number of hydrogen-bond acceptors (Lipinski definition) is 4. The highest BCUT2D eigenvalue weighted by molar-refractivity contribution is 7.92. The van der Waals surface area contributed by atoms with Gasteiger partial charge in [0.15, 0.2) is 6.61 Å². The first-order chi connectivity index (χ1) is 15.4. The molecule has 0 aromatic heterocycles. The number of anilines is 1. The second-order valence-electron chi connectivity index (χ2n) is 8.38. The van der Waals surface area contributed by atoms with Crippen molar-refractivity contribution < 1.29 is 17.9 Å². The first kappa shape index (κ1) is 22.4. The van der Waals surface area contributed by atoms with Crippen molar-refractivity contribution in [3.63, 3.8) is 0 Å². The van der Waals surface area contributed by atoms with Crippen LogP contribution in [-0.2, 0) is 21.2 Å². The molecule has 2 aliphatic rings. The van der Waals surface area contributed by atoms with Crippen LogP contribution in [-0.4, -0.2) is 34.0 Å². The maximum atomic E-state index is 13.2. The Morgan fingerprint density at radius 2 is 1.97 bits per heavy atom. The number of hydrogen-bond donors (Lipinski definition) is 1. The molecule has 1 aliphatic carbocycles. The number of amides is 1. The van der Waals surface area contributed by atoms with Gasteiger partial charge in [-0.05, 0) is 80.8 Å². The molecule has 2 aromatic carbocycles. The zero-order chi connectivity index (χ0) is 22.6. The maximum Gasteiger partial charge on any atom is 0.264 e. The van der Waals surface area contributed by atoms with E-state index in [1.54, 1.807) is 25.1 Å². The largest absolute Gasteiger partial charge is 0.484 e. The molecular weight excluding hydrogens is 424 g/mol. The number of carbonyl (C=O) groups excluding carboxylic acids is 1. The number of carbonyl (C=O) groups is 1. The molecule has 2 aromatic rings. The molecule has 0 saturated carbocycles. The molecule has 1 aliphatic heterocycles. The number of nitrogens with one attached hydrogen (secondary N) is 1. The van der Waals surface area contributed by atoms with Crippen molar-refractivity contribution in [3.05, 3.63) is 65.2 Å². The summed E-state index contributed by atoms with van der Waals surface area (Å²) in [7, 11) is -3.65. The predicted octanol–water partition coefficient (Wildman–Crippen LogP) is 4.13. The van der Waals surface area contributed by atoms with E-state index in [1.165, 1.54) is 22.7 Å². The van der Waals surface area contributed by atoms with Gasteiger partial charge in [-0.15, -0.1) is 0 Å². The highest BCUT2D eigenvalue weighted by Gasteiger charge is 2.30. The van der Waals surface area contributed by atoms with Crippen LogP contribution in [0.15, 0.2) is 59.0 Å². The molecule has 170 valence electrons. The fourth-order valence-corrected chi connectivity index (χ4v) is 5.91. The molecular formula is C25H30N2O4S. The van der Waals surface area contributed by atoms with Crippen molar-refractivity contribution in [1.29, 1.82) is 0 Å². The summed E-state index contributed by atoms with van der Waals surface area (Å²) < 4.78 is 33.5. The normalized spacial score (nSPS) is 15.8. The number of benzene rings is 2. The molecule has 0 saturated heterocycles. The number of rotatable bonds is 8. The average molecular weight is 455 g/mol. The van der Waals surface area contributed by atoms with E-state index in [9.17, 15) is 13.2 Å². The van der Waals surface area contributed by atoms with E-state index < -0.39 is 10.0 Å². The van der Waals surface area contributed by atoms with E-state index in [1.807, 2.05) is 24.3 Å². The van der Waals surface area contributed by atoms with E-state index in [4.69, 9.17) is 4.74 Å². The van der Waals surface area contributed by atoms with Gasteiger partial charge in [0.1, 0.15) is 5.75 Å². The number of sulfonamides is 1. The standard InChI is InChI=1S/C25H30N2O4S/c1-19-17-22(32(29,30)27-16-14-21-9-5-6-10-23(21)27)11-12-24(19)31-18-25(28)26-15-13-20-7-3-2-4-8-20/h5-7,9-12,17H,2-4,8,13-16,18H2,1H3,(H,26,28). The lowest BCUT2D eigenvalue weighted by Gasteiger charge is -2.20. The molecule has 1 N–H and O–H groups in total. The summed E-state index contributed by atoms with van der Waals surface area (Å²) in [5, 5.41) is 2.89. The van der Waals surface area contributed by atoms with Gasteiger partial charge in [0.2, 0.25) is 0 Å². The number of ether oxygens (including phenoxy) is 1. The number of aryl methyl sites for hydroxylation is 1. The van der Waals surface area contributed by atoms with Crippen molar-refractivity contribution in [2.75, 3.05) is 24.0 Å². The smallest absolute Gasteiger partial charge is 0.264 e. The summed E-state index contributed by atoms with van der Waals surface area (Å²) in [6, 6.07) is 12.4. The van der Waals surface area contributed by atoms with E-state index >= 15 is 0 Å². The summed E-state index contributed by atoms with van der Waals surface area (Å²) in [6.07, 6.45) is 8.64. The van der Waals surface area contributed by atoms with E-state index in [2.05, 4.69) is 11.4 Å². The van der Waals surface area contributed by atoms with Gasteiger partial charge in [0.25, 0.3) is 15.9 Å². The van der Waals surface area contributed by atoms with Crippen LogP contribution in [0.25, 0.3) is 0 Å². The minimum atomic E-state index is -3.65. The van der Waals surface area contributed by atoms with E-state index in [-0.39, 0.29) is 17.4 Å². The van der Waals surface area contributed by atoms with Crippen LogP contribution in [0, 0.1) is 6.92 Å². The summed E-state index contributed by atoms with van der Waals surface area (Å²) in [4.78, 5) is 12.4. The molecule has 0 radical (unpaired) electrons. The SMILES string of the molecule is Cc1cc(S(=O)(=O)N2CCc3ccccc32)ccc1OCC(=O)NCCC1=CCCCC1. The van der Waals surface area contributed by atoms with Crippen molar-refractivity contribution in [1.82, 2.24) is 5.32 Å². The molecule has 32 heavy (non-hydrogen) atoms. The van der Waals surface area contributed by atoms with Gasteiger partial charge in [-0.2, -0.15) is 0 Å².